The Labute approximate surface area is 189 Å². The second kappa shape index (κ2) is 8.92. The van der Waals surface area contributed by atoms with E-state index in [2.05, 4.69) is 24.3 Å². The first-order chi connectivity index (χ1) is 15.7. The van der Waals surface area contributed by atoms with E-state index in [-0.39, 0.29) is 0 Å². The zero-order valence-electron chi connectivity index (χ0n) is 18.1. The SMILES string of the molecule is Oc1ccc(C2CCCC(c3ccc(O)c(-c4ccccc4)c3)C2)cc1-c1ccccc1. The van der Waals surface area contributed by atoms with Crippen molar-refractivity contribution in [2.45, 2.75) is 37.5 Å². The zero-order valence-corrected chi connectivity index (χ0v) is 18.1. The molecule has 0 radical (unpaired) electrons. The van der Waals surface area contributed by atoms with E-state index in [0.29, 0.717) is 23.3 Å². The van der Waals surface area contributed by atoms with E-state index in [1.165, 1.54) is 30.4 Å². The van der Waals surface area contributed by atoms with Gasteiger partial charge in [-0.1, -0.05) is 79.2 Å². The first kappa shape index (κ1) is 20.4. The van der Waals surface area contributed by atoms with Crippen molar-refractivity contribution in [1.29, 1.82) is 0 Å². The molecule has 5 rings (SSSR count). The van der Waals surface area contributed by atoms with Crippen molar-refractivity contribution < 1.29 is 10.2 Å². The zero-order chi connectivity index (χ0) is 21.9. The maximum absolute atomic E-state index is 10.5. The van der Waals surface area contributed by atoms with Gasteiger partial charge in [0.15, 0.2) is 0 Å². The number of aromatic hydroxyl groups is 2. The molecule has 32 heavy (non-hydrogen) atoms. The van der Waals surface area contributed by atoms with Crippen molar-refractivity contribution >= 4 is 0 Å². The van der Waals surface area contributed by atoms with Crippen LogP contribution in [0.15, 0.2) is 97.1 Å². The summed E-state index contributed by atoms with van der Waals surface area (Å²) >= 11 is 0. The molecule has 1 aliphatic carbocycles. The molecule has 4 aromatic carbocycles. The van der Waals surface area contributed by atoms with Gasteiger partial charge in [-0.15, -0.1) is 0 Å². The van der Waals surface area contributed by atoms with Gasteiger partial charge in [0.25, 0.3) is 0 Å². The predicted octanol–water partition coefficient (Wildman–Crippen LogP) is 7.87. The van der Waals surface area contributed by atoms with Crippen LogP contribution in [-0.4, -0.2) is 10.2 Å². The van der Waals surface area contributed by atoms with Crippen molar-refractivity contribution in [2.24, 2.45) is 0 Å². The van der Waals surface area contributed by atoms with Crippen LogP contribution in [-0.2, 0) is 0 Å². The van der Waals surface area contributed by atoms with Gasteiger partial charge >= 0.3 is 0 Å². The monoisotopic (exact) mass is 420 g/mol. The third-order valence-electron chi connectivity index (χ3n) is 6.83. The van der Waals surface area contributed by atoms with E-state index in [0.717, 1.165) is 28.7 Å². The summed E-state index contributed by atoms with van der Waals surface area (Å²) in [6.45, 7) is 0. The second-order valence-electron chi connectivity index (χ2n) is 8.85. The van der Waals surface area contributed by atoms with Crippen LogP contribution in [0, 0.1) is 0 Å². The van der Waals surface area contributed by atoms with Gasteiger partial charge < -0.3 is 10.2 Å². The summed E-state index contributed by atoms with van der Waals surface area (Å²) in [6.07, 6.45) is 4.59. The number of hydrogen-bond acceptors (Lipinski definition) is 2. The molecule has 0 amide bonds. The second-order valence-corrected chi connectivity index (χ2v) is 8.85. The number of hydrogen-bond donors (Lipinski definition) is 2. The topological polar surface area (TPSA) is 40.5 Å². The summed E-state index contributed by atoms with van der Waals surface area (Å²) in [7, 11) is 0. The Morgan fingerprint density at radius 1 is 0.531 bits per heavy atom. The van der Waals surface area contributed by atoms with Gasteiger partial charge in [-0.2, -0.15) is 0 Å². The minimum Gasteiger partial charge on any atom is -0.507 e. The molecule has 0 bridgehead atoms. The van der Waals surface area contributed by atoms with Crippen LogP contribution in [0.1, 0.15) is 48.6 Å². The minimum atomic E-state index is 0.332. The lowest BCUT2D eigenvalue weighted by molar-refractivity contribution is 0.393. The molecule has 2 nitrogen and oxygen atoms in total. The van der Waals surface area contributed by atoms with E-state index in [4.69, 9.17) is 0 Å². The van der Waals surface area contributed by atoms with Gasteiger partial charge in [-0.05, 0) is 77.6 Å². The van der Waals surface area contributed by atoms with Crippen molar-refractivity contribution in [1.82, 2.24) is 0 Å². The third-order valence-corrected chi connectivity index (χ3v) is 6.83. The molecule has 4 aromatic rings. The fourth-order valence-corrected chi connectivity index (χ4v) is 5.11. The molecule has 0 aromatic heterocycles. The van der Waals surface area contributed by atoms with Gasteiger partial charge in [0.2, 0.25) is 0 Å². The predicted molar refractivity (Wildman–Crippen MR) is 131 cm³/mol. The van der Waals surface area contributed by atoms with E-state index < -0.39 is 0 Å². The molecule has 2 atom stereocenters. The Hall–Kier alpha value is -3.52. The van der Waals surface area contributed by atoms with Gasteiger partial charge in [0.1, 0.15) is 11.5 Å². The Morgan fingerprint density at radius 3 is 1.41 bits per heavy atom. The van der Waals surface area contributed by atoms with E-state index in [9.17, 15) is 10.2 Å². The lowest BCUT2D eigenvalue weighted by atomic mass is 9.74. The lowest BCUT2D eigenvalue weighted by Crippen LogP contribution is -2.13. The summed E-state index contributed by atoms with van der Waals surface area (Å²) < 4.78 is 0. The number of benzene rings is 4. The third kappa shape index (κ3) is 4.13. The average molecular weight is 421 g/mol. The van der Waals surface area contributed by atoms with Crippen molar-refractivity contribution in [2.75, 3.05) is 0 Å². The van der Waals surface area contributed by atoms with Gasteiger partial charge in [-0.25, -0.2) is 0 Å². The molecule has 1 saturated carbocycles. The van der Waals surface area contributed by atoms with Crippen molar-refractivity contribution in [3.63, 3.8) is 0 Å². The first-order valence-corrected chi connectivity index (χ1v) is 11.5. The number of rotatable bonds is 4. The molecule has 160 valence electrons. The highest BCUT2D eigenvalue weighted by molar-refractivity contribution is 5.72. The van der Waals surface area contributed by atoms with Crippen molar-refractivity contribution in [3.8, 4) is 33.8 Å². The number of phenolic OH excluding ortho intramolecular Hbond substituents is 2. The smallest absolute Gasteiger partial charge is 0.123 e. The van der Waals surface area contributed by atoms with E-state index in [1.54, 1.807) is 0 Å². The molecule has 2 unspecified atom stereocenters. The molecule has 2 heteroatoms. The van der Waals surface area contributed by atoms with Gasteiger partial charge in [0.05, 0.1) is 0 Å². The van der Waals surface area contributed by atoms with Gasteiger partial charge in [-0.3, -0.25) is 0 Å². The molecule has 1 aliphatic rings. The standard InChI is InChI=1S/C30H28O2/c31-29-16-14-25(19-27(29)21-8-3-1-4-9-21)23-12-7-13-24(18-23)26-15-17-30(32)28(20-26)22-10-5-2-6-11-22/h1-6,8-11,14-17,19-20,23-24,31-32H,7,12-13,18H2. The maximum Gasteiger partial charge on any atom is 0.123 e. The summed E-state index contributed by atoms with van der Waals surface area (Å²) in [5.74, 6) is 1.59. The molecule has 0 heterocycles. The maximum atomic E-state index is 10.5. The Balaban J connectivity index is 1.42. The molecule has 0 spiro atoms. The summed E-state index contributed by atoms with van der Waals surface area (Å²) in [5.41, 5.74) is 6.50. The summed E-state index contributed by atoms with van der Waals surface area (Å²) in [5, 5.41) is 20.9. The lowest BCUT2D eigenvalue weighted by Gasteiger charge is -2.30. The minimum absolute atomic E-state index is 0.332. The highest BCUT2D eigenvalue weighted by Gasteiger charge is 2.25. The highest BCUT2D eigenvalue weighted by atomic mass is 16.3. The van der Waals surface area contributed by atoms with Crippen LogP contribution in [0.25, 0.3) is 22.3 Å². The first-order valence-electron chi connectivity index (χ1n) is 11.5. The fourth-order valence-electron chi connectivity index (χ4n) is 5.11. The molecular formula is C30H28O2. The Kier molecular flexibility index (Phi) is 5.68. The van der Waals surface area contributed by atoms with E-state index >= 15 is 0 Å². The molecule has 1 fully saturated rings. The molecule has 0 saturated heterocycles. The van der Waals surface area contributed by atoms with Gasteiger partial charge in [0, 0.05) is 11.1 Å². The van der Waals surface area contributed by atoms with Crippen molar-refractivity contribution in [3.05, 3.63) is 108 Å². The summed E-state index contributed by atoms with van der Waals surface area (Å²) in [6, 6.07) is 32.4. The Bertz CT molecular complexity index is 1100. The largest absolute Gasteiger partial charge is 0.507 e. The van der Waals surface area contributed by atoms with Crippen LogP contribution < -0.4 is 0 Å². The normalized spacial score (nSPS) is 18.4. The molecule has 0 aliphatic heterocycles. The van der Waals surface area contributed by atoms with Crippen LogP contribution >= 0.6 is 0 Å². The quantitative estimate of drug-likeness (QED) is 0.352. The Morgan fingerprint density at radius 2 is 0.969 bits per heavy atom. The summed E-state index contributed by atoms with van der Waals surface area (Å²) in [4.78, 5) is 0. The average Bonchev–Trinajstić information content (AvgIpc) is 2.86. The van der Waals surface area contributed by atoms with Crippen LogP contribution in [0.5, 0.6) is 11.5 Å². The fraction of sp³-hybridized carbons (Fsp3) is 0.200. The number of phenols is 2. The highest BCUT2D eigenvalue weighted by Crippen LogP contribution is 2.44. The molecular weight excluding hydrogens is 392 g/mol. The van der Waals surface area contributed by atoms with Crippen LogP contribution in [0.4, 0.5) is 0 Å². The molecule has 2 N–H and O–H groups in total. The van der Waals surface area contributed by atoms with Crippen LogP contribution in [0.2, 0.25) is 0 Å². The van der Waals surface area contributed by atoms with E-state index in [1.807, 2.05) is 72.8 Å². The van der Waals surface area contributed by atoms with Crippen LogP contribution in [0.3, 0.4) is 0 Å².